The highest BCUT2D eigenvalue weighted by molar-refractivity contribution is 5.68. The molecule has 0 spiro atoms. The number of aliphatic hydroxyl groups excluding tert-OH is 1. The minimum Gasteiger partial charge on any atom is -0.444 e. The summed E-state index contributed by atoms with van der Waals surface area (Å²) in [6, 6.07) is 10.1. The number of hydrogen-bond acceptors (Lipinski definition) is 3. The monoisotopic (exact) mass is 291 g/mol. The van der Waals surface area contributed by atoms with Gasteiger partial charge < -0.3 is 14.7 Å². The Morgan fingerprint density at radius 2 is 2.00 bits per heavy atom. The number of benzene rings is 1. The Labute approximate surface area is 126 Å². The third kappa shape index (κ3) is 3.56. The van der Waals surface area contributed by atoms with Gasteiger partial charge in [0.15, 0.2) is 0 Å². The van der Waals surface area contributed by atoms with Gasteiger partial charge >= 0.3 is 6.09 Å². The van der Waals surface area contributed by atoms with Gasteiger partial charge in [-0.25, -0.2) is 4.79 Å². The first kappa shape index (κ1) is 15.8. The second-order valence-corrected chi connectivity index (χ2v) is 6.94. The first-order valence-corrected chi connectivity index (χ1v) is 7.39. The number of ether oxygens (including phenoxy) is 1. The molecule has 116 valence electrons. The van der Waals surface area contributed by atoms with Gasteiger partial charge in [-0.15, -0.1) is 0 Å². The highest BCUT2D eigenvalue weighted by atomic mass is 16.6. The number of likely N-dealkylation sites (N-methyl/N-ethyl adjacent to an activating group) is 1. The molecule has 0 bridgehead atoms. The van der Waals surface area contributed by atoms with E-state index in [1.807, 2.05) is 39.0 Å². The number of carbonyl (C=O) groups is 1. The van der Waals surface area contributed by atoms with Crippen LogP contribution in [0.15, 0.2) is 30.3 Å². The SMILES string of the molecule is CN(CC1(c2ccccc2)CC1CO)C(=O)OC(C)(C)C. The van der Waals surface area contributed by atoms with Crippen molar-refractivity contribution >= 4 is 6.09 Å². The summed E-state index contributed by atoms with van der Waals surface area (Å²) < 4.78 is 5.40. The van der Waals surface area contributed by atoms with Gasteiger partial charge in [0.05, 0.1) is 0 Å². The van der Waals surface area contributed by atoms with E-state index in [0.717, 1.165) is 6.42 Å². The Hall–Kier alpha value is -1.55. The van der Waals surface area contributed by atoms with Crippen LogP contribution in [0.1, 0.15) is 32.8 Å². The van der Waals surface area contributed by atoms with Crippen molar-refractivity contribution in [2.45, 2.75) is 38.2 Å². The van der Waals surface area contributed by atoms with E-state index in [4.69, 9.17) is 4.74 Å². The minimum atomic E-state index is -0.495. The molecule has 0 heterocycles. The van der Waals surface area contributed by atoms with Crippen LogP contribution in [-0.4, -0.2) is 41.9 Å². The molecule has 1 saturated carbocycles. The zero-order valence-corrected chi connectivity index (χ0v) is 13.3. The lowest BCUT2D eigenvalue weighted by Crippen LogP contribution is -2.39. The van der Waals surface area contributed by atoms with E-state index in [2.05, 4.69) is 12.1 Å². The summed E-state index contributed by atoms with van der Waals surface area (Å²) in [5.41, 5.74) is 0.548. The molecule has 1 aliphatic rings. The summed E-state index contributed by atoms with van der Waals surface area (Å²) in [4.78, 5) is 13.8. The van der Waals surface area contributed by atoms with Crippen LogP contribution in [0.5, 0.6) is 0 Å². The quantitative estimate of drug-likeness (QED) is 0.928. The first-order chi connectivity index (χ1) is 9.78. The van der Waals surface area contributed by atoms with E-state index in [9.17, 15) is 9.90 Å². The molecular formula is C17H25NO3. The average molecular weight is 291 g/mol. The molecule has 1 amide bonds. The van der Waals surface area contributed by atoms with Gasteiger partial charge in [0.25, 0.3) is 0 Å². The summed E-state index contributed by atoms with van der Waals surface area (Å²) >= 11 is 0. The Morgan fingerprint density at radius 1 is 1.38 bits per heavy atom. The molecule has 1 fully saturated rings. The smallest absolute Gasteiger partial charge is 0.410 e. The maximum atomic E-state index is 12.1. The molecule has 4 heteroatoms. The van der Waals surface area contributed by atoms with E-state index in [1.54, 1.807) is 11.9 Å². The van der Waals surface area contributed by atoms with Crippen LogP contribution in [0.25, 0.3) is 0 Å². The van der Waals surface area contributed by atoms with Crippen molar-refractivity contribution in [3.63, 3.8) is 0 Å². The van der Waals surface area contributed by atoms with Crippen LogP contribution in [0.2, 0.25) is 0 Å². The third-order valence-electron chi connectivity index (χ3n) is 4.03. The maximum absolute atomic E-state index is 12.1. The van der Waals surface area contributed by atoms with Gasteiger partial charge in [-0.05, 0) is 38.7 Å². The standard InChI is InChI=1S/C17H25NO3/c1-16(2,3)21-15(20)18(4)12-17(10-14(17)11-19)13-8-6-5-7-9-13/h5-9,14,19H,10-12H2,1-4H3. The van der Waals surface area contributed by atoms with Crippen molar-refractivity contribution in [1.29, 1.82) is 0 Å². The van der Waals surface area contributed by atoms with Crippen molar-refractivity contribution < 1.29 is 14.6 Å². The van der Waals surface area contributed by atoms with E-state index in [-0.39, 0.29) is 24.0 Å². The zero-order chi connectivity index (χ0) is 15.7. The fraction of sp³-hybridized carbons (Fsp3) is 0.588. The molecule has 2 atom stereocenters. The second-order valence-electron chi connectivity index (χ2n) is 6.94. The molecule has 2 rings (SSSR count). The molecule has 0 aromatic heterocycles. The molecule has 0 saturated heterocycles. The number of rotatable bonds is 4. The van der Waals surface area contributed by atoms with Crippen molar-refractivity contribution in [1.82, 2.24) is 4.90 Å². The fourth-order valence-electron chi connectivity index (χ4n) is 2.86. The summed E-state index contributed by atoms with van der Waals surface area (Å²) in [5, 5.41) is 9.51. The van der Waals surface area contributed by atoms with Crippen molar-refractivity contribution in [2.24, 2.45) is 5.92 Å². The van der Waals surface area contributed by atoms with Crippen LogP contribution in [-0.2, 0) is 10.2 Å². The van der Waals surface area contributed by atoms with Crippen LogP contribution in [0.3, 0.4) is 0 Å². The highest BCUT2D eigenvalue weighted by Gasteiger charge is 2.55. The number of amides is 1. The predicted octanol–water partition coefficient (Wildman–Crippen LogP) is 2.80. The van der Waals surface area contributed by atoms with Gasteiger partial charge in [0.1, 0.15) is 5.60 Å². The van der Waals surface area contributed by atoms with Gasteiger partial charge in [-0.3, -0.25) is 0 Å². The first-order valence-electron chi connectivity index (χ1n) is 7.39. The second kappa shape index (κ2) is 5.68. The molecule has 1 aliphatic carbocycles. The van der Waals surface area contributed by atoms with E-state index in [1.165, 1.54) is 5.56 Å². The molecule has 0 aliphatic heterocycles. The molecule has 2 unspecified atom stereocenters. The third-order valence-corrected chi connectivity index (χ3v) is 4.03. The molecule has 1 aromatic carbocycles. The predicted molar refractivity (Wildman–Crippen MR) is 82.2 cm³/mol. The van der Waals surface area contributed by atoms with Crippen LogP contribution in [0, 0.1) is 5.92 Å². The molecule has 4 nitrogen and oxygen atoms in total. The van der Waals surface area contributed by atoms with Crippen molar-refractivity contribution in [3.8, 4) is 0 Å². The Morgan fingerprint density at radius 3 is 2.48 bits per heavy atom. The lowest BCUT2D eigenvalue weighted by molar-refractivity contribution is 0.0277. The molecule has 1 N–H and O–H groups in total. The van der Waals surface area contributed by atoms with Crippen molar-refractivity contribution in [2.75, 3.05) is 20.2 Å². The Kier molecular flexibility index (Phi) is 4.28. The number of carbonyl (C=O) groups excluding carboxylic acids is 1. The molecular weight excluding hydrogens is 266 g/mol. The number of aliphatic hydroxyl groups is 1. The van der Waals surface area contributed by atoms with Gasteiger partial charge in [-0.1, -0.05) is 30.3 Å². The fourth-order valence-corrected chi connectivity index (χ4v) is 2.86. The van der Waals surface area contributed by atoms with Crippen LogP contribution < -0.4 is 0 Å². The maximum Gasteiger partial charge on any atom is 0.410 e. The molecule has 1 aromatic rings. The zero-order valence-electron chi connectivity index (χ0n) is 13.3. The molecule has 21 heavy (non-hydrogen) atoms. The van der Waals surface area contributed by atoms with Crippen LogP contribution in [0.4, 0.5) is 4.79 Å². The largest absolute Gasteiger partial charge is 0.444 e. The topological polar surface area (TPSA) is 49.8 Å². The average Bonchev–Trinajstić information content (AvgIpc) is 3.12. The van der Waals surface area contributed by atoms with E-state index >= 15 is 0 Å². The van der Waals surface area contributed by atoms with E-state index in [0.29, 0.717) is 6.54 Å². The van der Waals surface area contributed by atoms with Gasteiger partial charge in [0.2, 0.25) is 0 Å². The minimum absolute atomic E-state index is 0.137. The summed E-state index contributed by atoms with van der Waals surface area (Å²) in [7, 11) is 1.76. The normalized spacial score (nSPS) is 24.5. The Bertz CT molecular complexity index is 495. The van der Waals surface area contributed by atoms with Crippen molar-refractivity contribution in [3.05, 3.63) is 35.9 Å². The van der Waals surface area contributed by atoms with E-state index < -0.39 is 5.60 Å². The summed E-state index contributed by atoms with van der Waals surface area (Å²) in [6.07, 6.45) is 0.585. The molecule has 0 radical (unpaired) electrons. The number of nitrogens with zero attached hydrogens (tertiary/aromatic N) is 1. The van der Waals surface area contributed by atoms with Crippen LogP contribution >= 0.6 is 0 Å². The highest BCUT2D eigenvalue weighted by Crippen LogP contribution is 2.54. The number of hydrogen-bond donors (Lipinski definition) is 1. The summed E-state index contributed by atoms with van der Waals surface area (Å²) in [5.74, 6) is 0.213. The lowest BCUT2D eigenvalue weighted by atomic mass is 9.93. The van der Waals surface area contributed by atoms with Gasteiger partial charge in [0, 0.05) is 25.6 Å². The lowest BCUT2D eigenvalue weighted by Gasteiger charge is -2.28. The Balaban J connectivity index is 2.10. The van der Waals surface area contributed by atoms with Gasteiger partial charge in [-0.2, -0.15) is 0 Å². The summed E-state index contributed by atoms with van der Waals surface area (Å²) in [6.45, 7) is 6.30.